The third kappa shape index (κ3) is 5.52. The first-order valence-corrected chi connectivity index (χ1v) is 3.46. The van der Waals surface area contributed by atoms with Crippen molar-refractivity contribution in [3.8, 4) is 0 Å². The zero-order valence-corrected chi connectivity index (χ0v) is 8.02. The molecule has 0 unspecified atom stereocenters. The molecule has 0 heterocycles. The van der Waals surface area contributed by atoms with E-state index in [-0.39, 0.29) is 5.41 Å². The lowest BCUT2D eigenvalue weighted by molar-refractivity contribution is 0.585. The molecule has 0 aromatic rings. The zero-order valence-electron chi connectivity index (χ0n) is 8.02. The van der Waals surface area contributed by atoms with Gasteiger partial charge in [0.2, 0.25) is 0 Å². The number of hydrogen-bond donors (Lipinski definition) is 0. The summed E-state index contributed by atoms with van der Waals surface area (Å²) in [6.07, 6.45) is 0. The highest BCUT2D eigenvalue weighted by molar-refractivity contribution is 5.90. The molecule has 0 radical (unpaired) electrons. The maximum Gasteiger partial charge on any atom is 0.127 e. The van der Waals surface area contributed by atoms with E-state index in [1.54, 1.807) is 7.05 Å². The second-order valence-electron chi connectivity index (χ2n) is 2.96. The molecule has 2 nitrogen and oxygen atoms in total. The van der Waals surface area contributed by atoms with E-state index in [2.05, 4.69) is 50.6 Å². The summed E-state index contributed by atoms with van der Waals surface area (Å²) in [6, 6.07) is 0. The largest absolute Gasteiger partial charge is 0.273 e. The molecule has 0 N–H and O–H groups in total. The second-order valence-corrected chi connectivity index (χ2v) is 2.96. The molecule has 0 aliphatic carbocycles. The summed E-state index contributed by atoms with van der Waals surface area (Å²) >= 11 is 0. The van der Waals surface area contributed by atoms with Crippen molar-refractivity contribution < 1.29 is 0 Å². The molecule has 0 bridgehead atoms. The number of nitrogens with zero attached hydrogens (tertiary/aromatic N) is 2. The van der Waals surface area contributed by atoms with E-state index in [1.807, 2.05) is 0 Å². The molecule has 2 heteroatoms. The fourth-order valence-electron chi connectivity index (χ4n) is 0.643. The average Bonchev–Trinajstić information content (AvgIpc) is 1.92. The molecule has 0 atom stereocenters. The van der Waals surface area contributed by atoms with Crippen LogP contribution < -0.4 is 0 Å². The second kappa shape index (κ2) is 5.83. The number of amidine groups is 1. The van der Waals surface area contributed by atoms with Crippen LogP contribution in [0.25, 0.3) is 0 Å². The summed E-state index contributed by atoms with van der Waals surface area (Å²) in [5.41, 5.74) is 0.0382. The summed E-state index contributed by atoms with van der Waals surface area (Å²) in [5, 5.41) is 0. The average molecular weight is 154 g/mol. The van der Waals surface area contributed by atoms with Crippen LogP contribution in [0.1, 0.15) is 20.8 Å². The minimum absolute atomic E-state index is 0.0382. The van der Waals surface area contributed by atoms with E-state index >= 15 is 0 Å². The van der Waals surface area contributed by atoms with Crippen molar-refractivity contribution in [2.75, 3.05) is 7.05 Å². The van der Waals surface area contributed by atoms with Gasteiger partial charge in [-0.25, -0.2) is 4.99 Å². The predicted molar refractivity (Wildman–Crippen MR) is 53.6 cm³/mol. The van der Waals surface area contributed by atoms with Gasteiger partial charge in [0.05, 0.1) is 0 Å². The first-order valence-electron chi connectivity index (χ1n) is 3.46. The van der Waals surface area contributed by atoms with Gasteiger partial charge in [0.25, 0.3) is 0 Å². The summed E-state index contributed by atoms with van der Waals surface area (Å²) in [7, 11) is 1.73. The van der Waals surface area contributed by atoms with Gasteiger partial charge in [-0.15, -0.1) is 13.2 Å². The van der Waals surface area contributed by atoms with Crippen molar-refractivity contribution in [2.24, 2.45) is 15.4 Å². The van der Waals surface area contributed by atoms with Crippen LogP contribution in [0.5, 0.6) is 0 Å². The first-order chi connectivity index (χ1) is 5.02. The van der Waals surface area contributed by atoms with Gasteiger partial charge in [-0.2, -0.15) is 0 Å². The Morgan fingerprint density at radius 1 is 1.18 bits per heavy atom. The van der Waals surface area contributed by atoms with E-state index in [0.717, 1.165) is 5.84 Å². The maximum absolute atomic E-state index is 3.97. The predicted octanol–water partition coefficient (Wildman–Crippen LogP) is 2.56. The number of aliphatic imine (C=N–C) groups is 2. The van der Waals surface area contributed by atoms with Gasteiger partial charge in [-0.3, -0.25) is 4.99 Å². The number of hydrogen-bond acceptors (Lipinski definition) is 1. The lowest BCUT2D eigenvalue weighted by Gasteiger charge is -2.15. The van der Waals surface area contributed by atoms with Gasteiger partial charge in [-0.05, 0) is 6.72 Å². The van der Waals surface area contributed by atoms with Crippen molar-refractivity contribution in [1.29, 1.82) is 0 Å². The molecule has 0 aromatic carbocycles. The van der Waals surface area contributed by atoms with Crippen molar-refractivity contribution in [1.82, 2.24) is 0 Å². The van der Waals surface area contributed by atoms with Gasteiger partial charge in [-0.1, -0.05) is 20.8 Å². The third-order valence-corrected chi connectivity index (χ3v) is 1.03. The molecule has 0 spiro atoms. The standard InChI is InChI=1S/C7H14N2.C2H4/c1-7(2,3)6(8-4)9-5;1-2/h4H2,1-3,5H3;1-2H2. The summed E-state index contributed by atoms with van der Waals surface area (Å²) in [4.78, 5) is 7.74. The minimum Gasteiger partial charge on any atom is -0.273 e. The minimum atomic E-state index is 0.0382. The first kappa shape index (κ1) is 12.7. The van der Waals surface area contributed by atoms with Gasteiger partial charge >= 0.3 is 0 Å². The number of rotatable bonds is 0. The van der Waals surface area contributed by atoms with Crippen LogP contribution in [0.3, 0.4) is 0 Å². The monoisotopic (exact) mass is 154 g/mol. The Hall–Kier alpha value is -0.920. The Bertz CT molecular complexity index is 140. The fourth-order valence-corrected chi connectivity index (χ4v) is 0.643. The normalized spacial score (nSPS) is 11.5. The topological polar surface area (TPSA) is 24.7 Å². The molecule has 0 saturated carbocycles. The van der Waals surface area contributed by atoms with Crippen LogP contribution >= 0.6 is 0 Å². The summed E-state index contributed by atoms with van der Waals surface area (Å²) < 4.78 is 0. The van der Waals surface area contributed by atoms with Crippen LogP contribution in [-0.2, 0) is 0 Å². The Labute approximate surface area is 69.8 Å². The van der Waals surface area contributed by atoms with Crippen LogP contribution in [0.4, 0.5) is 0 Å². The summed E-state index contributed by atoms with van der Waals surface area (Å²) in [5.74, 6) is 0.808. The van der Waals surface area contributed by atoms with Crippen molar-refractivity contribution >= 4 is 12.6 Å². The van der Waals surface area contributed by atoms with Gasteiger partial charge in [0, 0.05) is 12.5 Å². The molecule has 11 heavy (non-hydrogen) atoms. The van der Waals surface area contributed by atoms with Crippen LogP contribution in [0.15, 0.2) is 23.1 Å². The van der Waals surface area contributed by atoms with Crippen molar-refractivity contribution in [3.63, 3.8) is 0 Å². The van der Waals surface area contributed by atoms with E-state index in [1.165, 1.54) is 0 Å². The van der Waals surface area contributed by atoms with E-state index in [0.29, 0.717) is 0 Å². The van der Waals surface area contributed by atoms with Crippen molar-refractivity contribution in [2.45, 2.75) is 20.8 Å². The van der Waals surface area contributed by atoms with Crippen LogP contribution in [0.2, 0.25) is 0 Å². The highest BCUT2D eigenvalue weighted by Gasteiger charge is 2.15. The Morgan fingerprint density at radius 3 is 1.55 bits per heavy atom. The van der Waals surface area contributed by atoms with Crippen molar-refractivity contribution in [3.05, 3.63) is 13.2 Å². The van der Waals surface area contributed by atoms with Gasteiger partial charge < -0.3 is 0 Å². The van der Waals surface area contributed by atoms with E-state index < -0.39 is 0 Å². The molecule has 0 fully saturated rings. The van der Waals surface area contributed by atoms with Gasteiger partial charge in [0.1, 0.15) is 5.84 Å². The quantitative estimate of drug-likeness (QED) is 0.291. The SMILES string of the molecule is C=C.C=NC(=NC)C(C)(C)C. The van der Waals surface area contributed by atoms with E-state index in [9.17, 15) is 0 Å². The molecule has 0 aliphatic rings. The van der Waals surface area contributed by atoms with Crippen LogP contribution in [0, 0.1) is 5.41 Å². The Kier molecular flexibility index (Phi) is 6.75. The zero-order chi connectivity index (χ0) is 9.49. The molecular formula is C9H18N2. The fraction of sp³-hybridized carbons (Fsp3) is 0.556. The molecule has 0 aromatic heterocycles. The Balaban J connectivity index is 0. The molecule has 0 rings (SSSR count). The molecule has 0 saturated heterocycles. The lowest BCUT2D eigenvalue weighted by Crippen LogP contribution is -2.17. The molecule has 0 amide bonds. The van der Waals surface area contributed by atoms with Gasteiger partial charge in [0.15, 0.2) is 0 Å². The highest BCUT2D eigenvalue weighted by Crippen LogP contribution is 2.15. The third-order valence-electron chi connectivity index (χ3n) is 1.03. The highest BCUT2D eigenvalue weighted by atomic mass is 14.9. The van der Waals surface area contributed by atoms with E-state index in [4.69, 9.17) is 0 Å². The smallest absolute Gasteiger partial charge is 0.127 e. The summed E-state index contributed by atoms with van der Waals surface area (Å²) in [6.45, 7) is 15.6. The lowest BCUT2D eigenvalue weighted by atomic mass is 9.95. The molecule has 0 aliphatic heterocycles. The molecular weight excluding hydrogens is 136 g/mol. The van der Waals surface area contributed by atoms with Crippen LogP contribution in [-0.4, -0.2) is 19.6 Å². The maximum atomic E-state index is 3.97. The Morgan fingerprint density at radius 2 is 1.55 bits per heavy atom. The molecule has 64 valence electrons.